The van der Waals surface area contributed by atoms with Gasteiger partial charge in [0.2, 0.25) is 0 Å². The van der Waals surface area contributed by atoms with Gasteiger partial charge < -0.3 is 10.6 Å². The van der Waals surface area contributed by atoms with Crippen molar-refractivity contribution >= 4 is 29.9 Å². The molecule has 0 aromatic rings. The van der Waals surface area contributed by atoms with Crippen molar-refractivity contribution in [2.45, 2.75) is 25.7 Å². The second-order valence-electron chi connectivity index (χ2n) is 4.96. The molecule has 0 spiro atoms. The van der Waals surface area contributed by atoms with Crippen molar-refractivity contribution in [3.63, 3.8) is 0 Å². The van der Waals surface area contributed by atoms with Crippen molar-refractivity contribution in [3.05, 3.63) is 12.7 Å². The van der Waals surface area contributed by atoms with E-state index in [1.54, 1.807) is 0 Å². The van der Waals surface area contributed by atoms with Gasteiger partial charge in [0.05, 0.1) is 0 Å². The van der Waals surface area contributed by atoms with Crippen molar-refractivity contribution in [3.8, 4) is 0 Å². The maximum Gasteiger partial charge on any atom is 0.191 e. The maximum atomic E-state index is 4.20. The van der Waals surface area contributed by atoms with Gasteiger partial charge in [-0.05, 0) is 43.4 Å². The highest BCUT2D eigenvalue weighted by Gasteiger charge is 2.41. The lowest BCUT2D eigenvalue weighted by molar-refractivity contribution is 0.400. The van der Waals surface area contributed by atoms with Gasteiger partial charge in [0, 0.05) is 20.1 Å². The fourth-order valence-electron chi connectivity index (χ4n) is 2.37. The quantitative estimate of drug-likeness (QED) is 0.334. The fourth-order valence-corrected chi connectivity index (χ4v) is 2.37. The highest BCUT2D eigenvalue weighted by molar-refractivity contribution is 14.0. The molecule has 0 unspecified atom stereocenters. The minimum Gasteiger partial charge on any atom is -0.356 e. The number of hydrogen-bond acceptors (Lipinski definition) is 1. The average molecular weight is 349 g/mol. The largest absolute Gasteiger partial charge is 0.356 e. The Morgan fingerprint density at radius 1 is 1.29 bits per heavy atom. The summed E-state index contributed by atoms with van der Waals surface area (Å²) < 4.78 is 0. The van der Waals surface area contributed by atoms with Crippen LogP contribution >= 0.6 is 24.0 Å². The van der Waals surface area contributed by atoms with Crippen LogP contribution in [0.1, 0.15) is 25.7 Å². The second kappa shape index (κ2) is 7.24. The van der Waals surface area contributed by atoms with Gasteiger partial charge in [0.1, 0.15) is 0 Å². The average Bonchev–Trinajstić information content (AvgIpc) is 3.16. The summed E-state index contributed by atoms with van der Waals surface area (Å²) in [6.07, 6.45) is 7.64. The Balaban J connectivity index is 0.00000144. The molecule has 2 aliphatic rings. The van der Waals surface area contributed by atoms with Gasteiger partial charge in [0.15, 0.2) is 5.96 Å². The van der Waals surface area contributed by atoms with Gasteiger partial charge in [0.25, 0.3) is 0 Å². The normalized spacial score (nSPS) is 19.8. The highest BCUT2D eigenvalue weighted by atomic mass is 127. The summed E-state index contributed by atoms with van der Waals surface area (Å²) in [6, 6.07) is 0. The molecule has 0 aliphatic heterocycles. The zero-order chi connectivity index (χ0) is 11.4. The summed E-state index contributed by atoms with van der Waals surface area (Å²) in [4.78, 5) is 4.20. The molecule has 98 valence electrons. The molecule has 2 aliphatic carbocycles. The summed E-state index contributed by atoms with van der Waals surface area (Å²) in [6.45, 7) is 5.56. The number of aliphatic imine (C=N–C) groups is 1. The number of rotatable bonds is 6. The molecule has 0 aromatic carbocycles. The van der Waals surface area contributed by atoms with Crippen LogP contribution in [-0.2, 0) is 0 Å². The Hall–Kier alpha value is -0.260. The van der Waals surface area contributed by atoms with Crippen molar-refractivity contribution in [2.75, 3.05) is 20.1 Å². The van der Waals surface area contributed by atoms with Gasteiger partial charge in [-0.1, -0.05) is 6.08 Å². The molecule has 2 N–H and O–H groups in total. The molecule has 0 saturated heterocycles. The van der Waals surface area contributed by atoms with Crippen molar-refractivity contribution < 1.29 is 0 Å². The van der Waals surface area contributed by atoms with Crippen LogP contribution in [0, 0.1) is 17.8 Å². The predicted molar refractivity (Wildman–Crippen MR) is 83.9 cm³/mol. The van der Waals surface area contributed by atoms with Crippen LogP contribution in [0.25, 0.3) is 0 Å². The Morgan fingerprint density at radius 2 is 1.88 bits per heavy atom. The lowest BCUT2D eigenvalue weighted by Crippen LogP contribution is -2.40. The predicted octanol–water partition coefficient (Wildman–Crippen LogP) is 2.39. The Morgan fingerprint density at radius 3 is 2.29 bits per heavy atom. The van der Waals surface area contributed by atoms with Gasteiger partial charge in [-0.3, -0.25) is 4.99 Å². The van der Waals surface area contributed by atoms with Crippen molar-refractivity contribution in [1.82, 2.24) is 10.6 Å². The molecule has 2 saturated carbocycles. The van der Waals surface area contributed by atoms with E-state index in [0.29, 0.717) is 0 Å². The van der Waals surface area contributed by atoms with Crippen molar-refractivity contribution in [1.29, 1.82) is 0 Å². The van der Waals surface area contributed by atoms with E-state index in [9.17, 15) is 0 Å². The van der Waals surface area contributed by atoms with E-state index in [2.05, 4.69) is 22.2 Å². The lowest BCUT2D eigenvalue weighted by Gasteiger charge is -2.18. The molecule has 2 rings (SSSR count). The molecule has 0 aromatic heterocycles. The van der Waals surface area contributed by atoms with Crippen LogP contribution in [0.5, 0.6) is 0 Å². The Labute approximate surface area is 122 Å². The minimum absolute atomic E-state index is 0. The Kier molecular flexibility index (Phi) is 6.30. The molecule has 4 heteroatoms. The van der Waals surface area contributed by atoms with Crippen LogP contribution < -0.4 is 10.6 Å². The summed E-state index contributed by atoms with van der Waals surface area (Å²) in [5.41, 5.74) is 0. The minimum atomic E-state index is 0. The molecule has 17 heavy (non-hydrogen) atoms. The third-order valence-corrected chi connectivity index (χ3v) is 3.60. The van der Waals surface area contributed by atoms with Crippen LogP contribution in [0.3, 0.4) is 0 Å². The lowest BCUT2D eigenvalue weighted by atomic mass is 9.98. The highest BCUT2D eigenvalue weighted by Crippen LogP contribution is 2.48. The van der Waals surface area contributed by atoms with Gasteiger partial charge >= 0.3 is 0 Å². The number of nitrogens with zero attached hydrogens (tertiary/aromatic N) is 1. The molecule has 0 atom stereocenters. The molecule has 0 radical (unpaired) electrons. The smallest absolute Gasteiger partial charge is 0.191 e. The number of hydrogen-bond donors (Lipinski definition) is 2. The summed E-state index contributed by atoms with van der Waals surface area (Å²) in [5, 5.41) is 6.65. The molecular formula is C13H24IN3. The second-order valence-corrected chi connectivity index (χ2v) is 4.96. The van der Waals surface area contributed by atoms with Gasteiger partial charge in [-0.25, -0.2) is 0 Å². The van der Waals surface area contributed by atoms with Gasteiger partial charge in [-0.15, -0.1) is 30.6 Å². The number of nitrogens with one attached hydrogen (secondary N) is 2. The van der Waals surface area contributed by atoms with Crippen LogP contribution in [0.2, 0.25) is 0 Å². The molecule has 0 amide bonds. The van der Waals surface area contributed by atoms with E-state index in [1.807, 2.05) is 13.1 Å². The summed E-state index contributed by atoms with van der Waals surface area (Å²) in [5.74, 6) is 3.79. The van der Waals surface area contributed by atoms with E-state index >= 15 is 0 Å². The summed E-state index contributed by atoms with van der Waals surface area (Å²) >= 11 is 0. The fraction of sp³-hybridized carbons (Fsp3) is 0.769. The first-order valence-corrected chi connectivity index (χ1v) is 6.40. The third kappa shape index (κ3) is 4.85. The van der Waals surface area contributed by atoms with Crippen LogP contribution in [0.4, 0.5) is 0 Å². The van der Waals surface area contributed by atoms with E-state index in [0.717, 1.165) is 36.8 Å². The first-order chi connectivity index (χ1) is 7.85. The molecule has 0 heterocycles. The molecule has 2 fully saturated rings. The monoisotopic (exact) mass is 349 g/mol. The number of guanidine groups is 1. The van der Waals surface area contributed by atoms with E-state index in [1.165, 1.54) is 25.7 Å². The zero-order valence-electron chi connectivity index (χ0n) is 10.6. The van der Waals surface area contributed by atoms with E-state index < -0.39 is 0 Å². The standard InChI is InChI=1S/C13H23N3.HI/c1-3-8-15-13(14-2)16-9-12(10-4-5-10)11-6-7-11;/h3,10-12H,1,4-9H2,2H3,(H2,14,15,16);1H. The summed E-state index contributed by atoms with van der Waals surface area (Å²) in [7, 11) is 1.82. The first kappa shape index (κ1) is 14.8. The van der Waals surface area contributed by atoms with E-state index in [-0.39, 0.29) is 24.0 Å². The topological polar surface area (TPSA) is 36.4 Å². The molecular weight excluding hydrogens is 325 g/mol. The zero-order valence-corrected chi connectivity index (χ0v) is 12.9. The van der Waals surface area contributed by atoms with Crippen molar-refractivity contribution in [2.24, 2.45) is 22.7 Å². The SMILES string of the molecule is C=CCNC(=NC)NCC(C1CC1)C1CC1.I. The van der Waals surface area contributed by atoms with Crippen LogP contribution in [0.15, 0.2) is 17.6 Å². The molecule has 3 nitrogen and oxygen atoms in total. The Bertz CT molecular complexity index is 258. The third-order valence-electron chi connectivity index (χ3n) is 3.60. The molecule has 0 bridgehead atoms. The van der Waals surface area contributed by atoms with Gasteiger partial charge in [-0.2, -0.15) is 0 Å². The first-order valence-electron chi connectivity index (χ1n) is 6.40. The number of halogens is 1. The van der Waals surface area contributed by atoms with E-state index in [4.69, 9.17) is 0 Å². The maximum absolute atomic E-state index is 4.20. The van der Waals surface area contributed by atoms with Crippen LogP contribution in [-0.4, -0.2) is 26.1 Å².